The van der Waals surface area contributed by atoms with Crippen LogP contribution in [0.4, 0.5) is 5.82 Å². The van der Waals surface area contributed by atoms with Crippen LogP contribution in [0, 0.1) is 19.3 Å². The zero-order chi connectivity index (χ0) is 12.3. The van der Waals surface area contributed by atoms with Gasteiger partial charge in [0.05, 0.1) is 5.54 Å². The Labute approximate surface area is 94.7 Å². The molecule has 1 aromatic rings. The van der Waals surface area contributed by atoms with Crippen molar-refractivity contribution in [3.05, 3.63) is 23.4 Å². The molecule has 1 aromatic heterocycles. The topological polar surface area (TPSA) is 62.2 Å². The van der Waals surface area contributed by atoms with Crippen molar-refractivity contribution < 1.29 is 9.90 Å². The highest BCUT2D eigenvalue weighted by Gasteiger charge is 2.20. The van der Waals surface area contributed by atoms with Crippen LogP contribution in [0.1, 0.15) is 29.8 Å². The van der Waals surface area contributed by atoms with Gasteiger partial charge >= 0.3 is 5.97 Å². The van der Waals surface area contributed by atoms with Crippen LogP contribution < -0.4 is 5.32 Å². The molecule has 0 spiro atoms. The zero-order valence-corrected chi connectivity index (χ0v) is 9.53. The number of terminal acetylenes is 1. The van der Waals surface area contributed by atoms with Gasteiger partial charge in [-0.3, -0.25) is 0 Å². The largest absolute Gasteiger partial charge is 0.478 e. The van der Waals surface area contributed by atoms with Crippen LogP contribution in [0.5, 0.6) is 0 Å². The van der Waals surface area contributed by atoms with Crippen molar-refractivity contribution in [1.29, 1.82) is 0 Å². The van der Waals surface area contributed by atoms with Crippen LogP contribution in [0.2, 0.25) is 0 Å². The van der Waals surface area contributed by atoms with Crippen molar-refractivity contribution in [2.75, 3.05) is 5.32 Å². The minimum atomic E-state index is -1.01. The number of aromatic nitrogens is 1. The smallest absolute Gasteiger partial charge is 0.339 e. The Morgan fingerprint density at radius 1 is 1.62 bits per heavy atom. The fourth-order valence-corrected chi connectivity index (χ4v) is 1.26. The number of hydrogen-bond donors (Lipinski definition) is 2. The van der Waals surface area contributed by atoms with E-state index in [2.05, 4.69) is 16.2 Å². The fraction of sp³-hybridized carbons (Fsp3) is 0.333. The molecule has 0 atom stereocenters. The van der Waals surface area contributed by atoms with Crippen molar-refractivity contribution in [3.63, 3.8) is 0 Å². The van der Waals surface area contributed by atoms with Crippen LogP contribution in [0.3, 0.4) is 0 Å². The molecular weight excluding hydrogens is 204 g/mol. The second-order valence-electron chi connectivity index (χ2n) is 4.05. The number of pyridine rings is 1. The van der Waals surface area contributed by atoms with E-state index in [1.807, 2.05) is 0 Å². The van der Waals surface area contributed by atoms with Gasteiger partial charge in [0.25, 0.3) is 0 Å². The molecule has 0 aliphatic rings. The lowest BCUT2D eigenvalue weighted by Crippen LogP contribution is -2.30. The third-order valence-corrected chi connectivity index (χ3v) is 2.16. The van der Waals surface area contributed by atoms with Gasteiger partial charge in [0.1, 0.15) is 11.4 Å². The quantitative estimate of drug-likeness (QED) is 0.761. The van der Waals surface area contributed by atoms with Gasteiger partial charge in [0.15, 0.2) is 0 Å². The highest BCUT2D eigenvalue weighted by molar-refractivity contribution is 5.94. The molecule has 2 N–H and O–H groups in total. The third kappa shape index (κ3) is 2.51. The molecule has 0 aromatic carbocycles. The molecule has 0 aliphatic heterocycles. The van der Waals surface area contributed by atoms with Crippen molar-refractivity contribution in [3.8, 4) is 12.3 Å². The standard InChI is InChI=1S/C12H14N2O2/c1-5-12(3,4)14-10-9(11(15)16)8(2)6-7-13-10/h1,6-7H,2-4H3,(H,13,14)(H,15,16). The fourth-order valence-electron chi connectivity index (χ4n) is 1.26. The minimum absolute atomic E-state index is 0.158. The maximum absolute atomic E-state index is 11.1. The maximum Gasteiger partial charge on any atom is 0.339 e. The van der Waals surface area contributed by atoms with E-state index in [1.54, 1.807) is 33.0 Å². The summed E-state index contributed by atoms with van der Waals surface area (Å²) in [6.45, 7) is 5.28. The van der Waals surface area contributed by atoms with Gasteiger partial charge in [0.2, 0.25) is 0 Å². The molecule has 0 bridgehead atoms. The van der Waals surface area contributed by atoms with E-state index in [-0.39, 0.29) is 5.56 Å². The summed E-state index contributed by atoms with van der Waals surface area (Å²) in [6.07, 6.45) is 6.88. The Bertz CT molecular complexity index is 459. The lowest BCUT2D eigenvalue weighted by Gasteiger charge is -2.21. The number of carboxylic acid groups (broad SMARTS) is 1. The number of anilines is 1. The van der Waals surface area contributed by atoms with Crippen LogP contribution in [0.25, 0.3) is 0 Å². The Morgan fingerprint density at radius 3 is 2.75 bits per heavy atom. The second-order valence-corrected chi connectivity index (χ2v) is 4.05. The van der Waals surface area contributed by atoms with Crippen molar-refractivity contribution in [2.24, 2.45) is 0 Å². The maximum atomic E-state index is 11.1. The summed E-state index contributed by atoms with van der Waals surface area (Å²) in [6, 6.07) is 1.65. The Balaban J connectivity index is 3.21. The summed E-state index contributed by atoms with van der Waals surface area (Å²) in [5, 5.41) is 12.0. The van der Waals surface area contributed by atoms with Crippen LogP contribution in [-0.4, -0.2) is 21.6 Å². The van der Waals surface area contributed by atoms with E-state index >= 15 is 0 Å². The van der Waals surface area contributed by atoms with Gasteiger partial charge in [-0.05, 0) is 32.4 Å². The van der Waals surface area contributed by atoms with Gasteiger partial charge in [-0.15, -0.1) is 6.42 Å². The summed E-state index contributed by atoms with van der Waals surface area (Å²) < 4.78 is 0. The predicted octanol–water partition coefficient (Wildman–Crippen LogP) is 1.91. The molecule has 4 heteroatoms. The number of aromatic carboxylic acids is 1. The SMILES string of the molecule is C#CC(C)(C)Nc1nccc(C)c1C(=O)O. The van der Waals surface area contributed by atoms with E-state index in [9.17, 15) is 4.79 Å². The summed E-state index contributed by atoms with van der Waals surface area (Å²) in [5.74, 6) is 1.82. The first-order valence-electron chi connectivity index (χ1n) is 4.82. The Morgan fingerprint density at radius 2 is 2.25 bits per heavy atom. The van der Waals surface area contributed by atoms with Crippen molar-refractivity contribution >= 4 is 11.8 Å². The molecular formula is C12H14N2O2. The molecule has 0 saturated heterocycles. The summed E-state index contributed by atoms with van der Waals surface area (Å²) >= 11 is 0. The molecule has 84 valence electrons. The summed E-state index contributed by atoms with van der Waals surface area (Å²) in [4.78, 5) is 15.1. The van der Waals surface area contributed by atoms with Crippen LogP contribution in [0.15, 0.2) is 12.3 Å². The number of carbonyl (C=O) groups is 1. The van der Waals surface area contributed by atoms with Crippen LogP contribution >= 0.6 is 0 Å². The Kier molecular flexibility index (Phi) is 3.19. The molecule has 4 nitrogen and oxygen atoms in total. The van der Waals surface area contributed by atoms with Gasteiger partial charge in [-0.25, -0.2) is 9.78 Å². The molecule has 0 unspecified atom stereocenters. The predicted molar refractivity (Wildman–Crippen MR) is 62.5 cm³/mol. The first kappa shape index (κ1) is 12.1. The van der Waals surface area contributed by atoms with E-state index in [0.717, 1.165) is 0 Å². The number of hydrogen-bond acceptors (Lipinski definition) is 3. The average Bonchev–Trinajstić information content (AvgIpc) is 2.16. The molecule has 1 rings (SSSR count). The van der Waals surface area contributed by atoms with Crippen molar-refractivity contribution in [1.82, 2.24) is 4.98 Å². The van der Waals surface area contributed by atoms with E-state index < -0.39 is 11.5 Å². The normalized spacial score (nSPS) is 10.6. The summed E-state index contributed by atoms with van der Waals surface area (Å²) in [5.41, 5.74) is 0.175. The van der Waals surface area contributed by atoms with Gasteiger partial charge < -0.3 is 10.4 Å². The monoisotopic (exact) mass is 218 g/mol. The Hall–Kier alpha value is -2.02. The lowest BCUT2D eigenvalue weighted by atomic mass is 10.1. The molecule has 1 heterocycles. The van der Waals surface area contributed by atoms with Gasteiger partial charge in [-0.2, -0.15) is 0 Å². The third-order valence-electron chi connectivity index (χ3n) is 2.16. The number of nitrogens with one attached hydrogen (secondary N) is 1. The number of aryl methyl sites for hydroxylation is 1. The number of rotatable bonds is 3. The van der Waals surface area contributed by atoms with Gasteiger partial charge in [0, 0.05) is 6.20 Å². The van der Waals surface area contributed by atoms with Crippen LogP contribution in [-0.2, 0) is 0 Å². The highest BCUT2D eigenvalue weighted by Crippen LogP contribution is 2.20. The molecule has 0 radical (unpaired) electrons. The molecule has 0 saturated carbocycles. The molecule has 0 fully saturated rings. The van der Waals surface area contributed by atoms with E-state index in [4.69, 9.17) is 11.5 Å². The number of carboxylic acids is 1. The summed E-state index contributed by atoms with van der Waals surface area (Å²) in [7, 11) is 0. The van der Waals surface area contributed by atoms with E-state index in [0.29, 0.717) is 11.4 Å². The molecule has 0 aliphatic carbocycles. The highest BCUT2D eigenvalue weighted by atomic mass is 16.4. The number of nitrogens with zero attached hydrogens (tertiary/aromatic N) is 1. The average molecular weight is 218 g/mol. The first-order chi connectivity index (χ1) is 7.37. The second kappa shape index (κ2) is 4.23. The minimum Gasteiger partial charge on any atom is -0.478 e. The molecule has 0 amide bonds. The molecule has 16 heavy (non-hydrogen) atoms. The first-order valence-corrected chi connectivity index (χ1v) is 4.82. The van der Waals surface area contributed by atoms with Crippen molar-refractivity contribution in [2.45, 2.75) is 26.3 Å². The zero-order valence-electron chi connectivity index (χ0n) is 9.53. The van der Waals surface area contributed by atoms with Gasteiger partial charge in [-0.1, -0.05) is 5.92 Å². The lowest BCUT2D eigenvalue weighted by molar-refractivity contribution is 0.0697. The van der Waals surface area contributed by atoms with E-state index in [1.165, 1.54) is 0 Å².